The molecule has 0 bridgehead atoms. The van der Waals surface area contributed by atoms with E-state index in [2.05, 4.69) is 51.2 Å². The third-order valence-corrected chi connectivity index (χ3v) is 5.10. The van der Waals surface area contributed by atoms with Crippen molar-refractivity contribution in [2.75, 3.05) is 12.3 Å². The Morgan fingerprint density at radius 3 is 2.55 bits per heavy atom. The van der Waals surface area contributed by atoms with E-state index in [9.17, 15) is 5.11 Å². The first kappa shape index (κ1) is 17.5. The van der Waals surface area contributed by atoms with Crippen LogP contribution in [-0.4, -0.2) is 28.8 Å². The molecule has 0 radical (unpaired) electrons. The second-order valence-corrected chi connectivity index (χ2v) is 7.06. The first-order valence-electron chi connectivity index (χ1n) is 7.55. The van der Waals surface area contributed by atoms with Crippen LogP contribution in [0.4, 0.5) is 0 Å². The van der Waals surface area contributed by atoms with Gasteiger partial charge in [0.15, 0.2) is 0 Å². The lowest BCUT2D eigenvalue weighted by Crippen LogP contribution is -2.27. The fourth-order valence-corrected chi connectivity index (χ4v) is 3.17. The molecule has 0 aliphatic heterocycles. The zero-order valence-corrected chi connectivity index (χ0v) is 14.3. The number of hydrogen-bond acceptors (Lipinski definition) is 3. The van der Waals surface area contributed by atoms with Crippen molar-refractivity contribution >= 4 is 11.8 Å². The lowest BCUT2D eigenvalue weighted by Gasteiger charge is -2.23. The normalized spacial score (nSPS) is 15.9. The first-order chi connectivity index (χ1) is 9.45. The Hall–Kier alpha value is -0.510. The minimum atomic E-state index is -0.259. The van der Waals surface area contributed by atoms with Gasteiger partial charge in [0.2, 0.25) is 0 Å². The molecule has 3 heteroatoms. The topological polar surface area (TPSA) is 32.3 Å². The summed E-state index contributed by atoms with van der Waals surface area (Å²) in [4.78, 5) is 0. The molecule has 0 aliphatic rings. The predicted octanol–water partition coefficient (Wildman–Crippen LogP) is 3.85. The van der Waals surface area contributed by atoms with Gasteiger partial charge in [-0.2, -0.15) is 11.8 Å². The van der Waals surface area contributed by atoms with Gasteiger partial charge in [-0.15, -0.1) is 0 Å². The molecule has 0 spiro atoms. The van der Waals surface area contributed by atoms with Crippen LogP contribution in [0.1, 0.15) is 49.9 Å². The summed E-state index contributed by atoms with van der Waals surface area (Å²) in [5.41, 5.74) is 4.04. The van der Waals surface area contributed by atoms with E-state index in [1.165, 1.54) is 16.7 Å². The summed E-state index contributed by atoms with van der Waals surface area (Å²) in [5.74, 6) is 0.996. The van der Waals surface area contributed by atoms with Crippen LogP contribution in [0, 0.1) is 13.8 Å². The number of hydrogen-bond donors (Lipinski definition) is 2. The monoisotopic (exact) mass is 295 g/mol. The highest BCUT2D eigenvalue weighted by Gasteiger charge is 2.17. The van der Waals surface area contributed by atoms with Gasteiger partial charge < -0.3 is 10.4 Å². The van der Waals surface area contributed by atoms with Crippen molar-refractivity contribution < 1.29 is 5.11 Å². The highest BCUT2D eigenvalue weighted by Crippen LogP contribution is 2.26. The fraction of sp³-hybridized carbons (Fsp3) is 0.647. The Labute approximate surface area is 128 Å². The van der Waals surface area contributed by atoms with E-state index in [1.54, 1.807) is 0 Å². The van der Waals surface area contributed by atoms with Gasteiger partial charge in [-0.05, 0) is 44.9 Å². The number of rotatable bonds is 8. The van der Waals surface area contributed by atoms with Crippen LogP contribution >= 0.6 is 11.8 Å². The van der Waals surface area contributed by atoms with Gasteiger partial charge >= 0.3 is 0 Å². The van der Waals surface area contributed by atoms with Crippen LogP contribution in [0.5, 0.6) is 0 Å². The highest BCUT2D eigenvalue weighted by atomic mass is 32.2. The molecule has 114 valence electrons. The minimum absolute atomic E-state index is 0.259. The number of nitrogens with one attached hydrogen (secondary N) is 1. The average Bonchev–Trinajstić information content (AvgIpc) is 2.41. The fourth-order valence-electron chi connectivity index (χ4n) is 2.10. The standard InChI is InChI=1S/C17H29NOS/c1-6-9-18-17(11-20-15(5)14(4)19)16-10-12(2)7-8-13(16)3/h7-8,10,14-15,17-19H,6,9,11H2,1-5H3. The summed E-state index contributed by atoms with van der Waals surface area (Å²) in [7, 11) is 0. The molecule has 0 heterocycles. The largest absolute Gasteiger partial charge is 0.392 e. The van der Waals surface area contributed by atoms with Crippen LogP contribution in [0.3, 0.4) is 0 Å². The van der Waals surface area contributed by atoms with Gasteiger partial charge in [-0.25, -0.2) is 0 Å². The zero-order chi connectivity index (χ0) is 15.1. The SMILES string of the molecule is CCCNC(CSC(C)C(C)O)c1cc(C)ccc1C. The Bertz CT molecular complexity index is 406. The highest BCUT2D eigenvalue weighted by molar-refractivity contribution is 7.99. The molecular weight excluding hydrogens is 266 g/mol. The Balaban J connectivity index is 2.80. The molecule has 0 amide bonds. The Kier molecular flexibility index (Phi) is 7.63. The number of benzene rings is 1. The van der Waals surface area contributed by atoms with E-state index in [1.807, 2.05) is 18.7 Å². The lowest BCUT2D eigenvalue weighted by atomic mass is 10.00. The molecular formula is C17H29NOS. The van der Waals surface area contributed by atoms with Crippen molar-refractivity contribution in [2.45, 2.75) is 58.4 Å². The Morgan fingerprint density at radius 1 is 1.25 bits per heavy atom. The molecule has 1 aromatic carbocycles. The number of aliphatic hydroxyl groups is 1. The van der Waals surface area contributed by atoms with Crippen LogP contribution in [0.25, 0.3) is 0 Å². The van der Waals surface area contributed by atoms with E-state index in [0.717, 1.165) is 18.7 Å². The second kappa shape index (κ2) is 8.71. The summed E-state index contributed by atoms with van der Waals surface area (Å²) in [6.45, 7) is 11.5. The maximum absolute atomic E-state index is 9.64. The molecule has 0 aromatic heterocycles. The summed E-state index contributed by atoms with van der Waals surface area (Å²) in [5, 5.41) is 13.6. The van der Waals surface area contributed by atoms with E-state index in [-0.39, 0.29) is 11.4 Å². The Morgan fingerprint density at radius 2 is 1.95 bits per heavy atom. The van der Waals surface area contributed by atoms with Gasteiger partial charge in [-0.3, -0.25) is 0 Å². The molecule has 2 N–H and O–H groups in total. The van der Waals surface area contributed by atoms with Crippen molar-refractivity contribution in [2.24, 2.45) is 0 Å². The van der Waals surface area contributed by atoms with Crippen molar-refractivity contribution in [1.29, 1.82) is 0 Å². The summed E-state index contributed by atoms with van der Waals surface area (Å²) in [6.07, 6.45) is 0.878. The lowest BCUT2D eigenvalue weighted by molar-refractivity contribution is 0.196. The van der Waals surface area contributed by atoms with Crippen LogP contribution in [-0.2, 0) is 0 Å². The predicted molar refractivity (Wildman–Crippen MR) is 90.6 cm³/mol. The quantitative estimate of drug-likeness (QED) is 0.764. The average molecular weight is 295 g/mol. The third kappa shape index (κ3) is 5.47. The minimum Gasteiger partial charge on any atom is -0.392 e. The van der Waals surface area contributed by atoms with E-state index in [4.69, 9.17) is 0 Å². The van der Waals surface area contributed by atoms with E-state index in [0.29, 0.717) is 6.04 Å². The van der Waals surface area contributed by atoms with Crippen LogP contribution in [0.15, 0.2) is 18.2 Å². The molecule has 0 saturated heterocycles. The van der Waals surface area contributed by atoms with E-state index < -0.39 is 0 Å². The van der Waals surface area contributed by atoms with Crippen molar-refractivity contribution in [3.63, 3.8) is 0 Å². The molecule has 0 aliphatic carbocycles. The van der Waals surface area contributed by atoms with Gasteiger partial charge in [0, 0.05) is 17.0 Å². The zero-order valence-electron chi connectivity index (χ0n) is 13.4. The van der Waals surface area contributed by atoms with Crippen molar-refractivity contribution in [3.05, 3.63) is 34.9 Å². The van der Waals surface area contributed by atoms with Gasteiger partial charge in [0.05, 0.1) is 6.10 Å². The van der Waals surface area contributed by atoms with Crippen LogP contribution < -0.4 is 5.32 Å². The number of thioether (sulfide) groups is 1. The summed E-state index contributed by atoms with van der Waals surface area (Å²) < 4.78 is 0. The first-order valence-corrected chi connectivity index (χ1v) is 8.60. The smallest absolute Gasteiger partial charge is 0.0628 e. The maximum atomic E-state index is 9.64. The molecule has 3 unspecified atom stereocenters. The van der Waals surface area contributed by atoms with Crippen molar-refractivity contribution in [1.82, 2.24) is 5.32 Å². The number of aryl methyl sites for hydroxylation is 2. The molecule has 3 atom stereocenters. The second-order valence-electron chi connectivity index (χ2n) is 5.65. The molecule has 0 fully saturated rings. The van der Waals surface area contributed by atoms with Gasteiger partial charge in [0.1, 0.15) is 0 Å². The van der Waals surface area contributed by atoms with Gasteiger partial charge in [-0.1, -0.05) is 37.6 Å². The maximum Gasteiger partial charge on any atom is 0.0628 e. The van der Waals surface area contributed by atoms with Crippen molar-refractivity contribution in [3.8, 4) is 0 Å². The molecule has 0 saturated carbocycles. The van der Waals surface area contributed by atoms with Gasteiger partial charge in [0.25, 0.3) is 0 Å². The molecule has 1 rings (SSSR count). The summed E-state index contributed by atoms with van der Waals surface area (Å²) in [6, 6.07) is 7.02. The summed E-state index contributed by atoms with van der Waals surface area (Å²) >= 11 is 1.84. The molecule has 20 heavy (non-hydrogen) atoms. The third-order valence-electron chi connectivity index (χ3n) is 3.66. The van der Waals surface area contributed by atoms with E-state index >= 15 is 0 Å². The van der Waals surface area contributed by atoms with Crippen LogP contribution in [0.2, 0.25) is 0 Å². The molecule has 1 aromatic rings. The molecule has 2 nitrogen and oxygen atoms in total. The number of aliphatic hydroxyl groups excluding tert-OH is 1.